The number of alkyl halides is 2. The molecular weight excluding hydrogens is 412 g/mol. The SMILES string of the molecule is CCCn1c(SC(C)C(=O)Nc2ccccc2OC(F)F)nc2ccccc2c1=O. The van der Waals surface area contributed by atoms with E-state index in [1.807, 2.05) is 6.92 Å². The molecule has 0 spiro atoms. The number of hydrogen-bond donors (Lipinski definition) is 1. The van der Waals surface area contributed by atoms with Gasteiger partial charge in [0.25, 0.3) is 5.56 Å². The number of thioether (sulfide) groups is 1. The number of benzene rings is 2. The number of nitrogens with one attached hydrogen (secondary N) is 1. The van der Waals surface area contributed by atoms with Gasteiger partial charge in [-0.15, -0.1) is 0 Å². The van der Waals surface area contributed by atoms with Crippen molar-refractivity contribution < 1.29 is 18.3 Å². The lowest BCUT2D eigenvalue weighted by Gasteiger charge is -2.17. The monoisotopic (exact) mass is 433 g/mol. The molecule has 6 nitrogen and oxygen atoms in total. The molecule has 2 aromatic carbocycles. The van der Waals surface area contributed by atoms with Crippen LogP contribution in [0.15, 0.2) is 58.5 Å². The van der Waals surface area contributed by atoms with Gasteiger partial charge in [-0.05, 0) is 37.6 Å². The first-order chi connectivity index (χ1) is 14.4. The van der Waals surface area contributed by atoms with E-state index in [2.05, 4.69) is 15.0 Å². The Morgan fingerprint density at radius 3 is 2.63 bits per heavy atom. The molecule has 1 unspecified atom stereocenters. The van der Waals surface area contributed by atoms with Gasteiger partial charge in [0.15, 0.2) is 5.16 Å². The smallest absolute Gasteiger partial charge is 0.387 e. The number of amides is 1. The second kappa shape index (κ2) is 9.71. The van der Waals surface area contributed by atoms with Crippen molar-refractivity contribution in [2.75, 3.05) is 5.32 Å². The first-order valence-corrected chi connectivity index (χ1v) is 10.3. The summed E-state index contributed by atoms with van der Waals surface area (Å²) in [4.78, 5) is 30.1. The summed E-state index contributed by atoms with van der Waals surface area (Å²) in [7, 11) is 0. The largest absolute Gasteiger partial charge is 0.433 e. The second-order valence-corrected chi connectivity index (χ2v) is 7.80. The zero-order valence-corrected chi connectivity index (χ0v) is 17.3. The molecule has 0 saturated heterocycles. The van der Waals surface area contributed by atoms with Gasteiger partial charge in [0.05, 0.1) is 21.8 Å². The van der Waals surface area contributed by atoms with Crippen molar-refractivity contribution >= 4 is 34.3 Å². The van der Waals surface area contributed by atoms with Gasteiger partial charge in [-0.1, -0.05) is 43.0 Å². The van der Waals surface area contributed by atoms with Crippen LogP contribution < -0.4 is 15.6 Å². The zero-order valence-electron chi connectivity index (χ0n) is 16.5. The number of anilines is 1. The van der Waals surface area contributed by atoms with Gasteiger partial charge in [-0.2, -0.15) is 8.78 Å². The molecule has 1 N–H and O–H groups in total. The minimum absolute atomic E-state index is 0.121. The van der Waals surface area contributed by atoms with Crippen molar-refractivity contribution in [2.24, 2.45) is 0 Å². The Kier molecular flexibility index (Phi) is 7.04. The average Bonchev–Trinajstić information content (AvgIpc) is 2.72. The van der Waals surface area contributed by atoms with Crippen LogP contribution in [0, 0.1) is 0 Å². The Labute approximate surface area is 176 Å². The lowest BCUT2D eigenvalue weighted by atomic mass is 10.2. The molecule has 158 valence electrons. The van der Waals surface area contributed by atoms with E-state index in [1.165, 1.54) is 18.2 Å². The molecule has 30 heavy (non-hydrogen) atoms. The van der Waals surface area contributed by atoms with Gasteiger partial charge in [0.2, 0.25) is 5.91 Å². The Morgan fingerprint density at radius 2 is 1.90 bits per heavy atom. The molecule has 1 atom stereocenters. The third-order valence-corrected chi connectivity index (χ3v) is 5.38. The number of ether oxygens (including phenoxy) is 1. The number of aromatic nitrogens is 2. The van der Waals surface area contributed by atoms with Gasteiger partial charge >= 0.3 is 6.61 Å². The van der Waals surface area contributed by atoms with Crippen LogP contribution in [0.5, 0.6) is 5.75 Å². The van der Waals surface area contributed by atoms with Gasteiger partial charge in [-0.3, -0.25) is 14.2 Å². The quantitative estimate of drug-likeness (QED) is 0.417. The van der Waals surface area contributed by atoms with E-state index in [-0.39, 0.29) is 17.0 Å². The lowest BCUT2D eigenvalue weighted by Crippen LogP contribution is -2.27. The Hall–Kier alpha value is -2.94. The highest BCUT2D eigenvalue weighted by atomic mass is 32.2. The van der Waals surface area contributed by atoms with Crippen molar-refractivity contribution in [3.63, 3.8) is 0 Å². The molecule has 1 heterocycles. The summed E-state index contributed by atoms with van der Waals surface area (Å²) in [6.45, 7) is 1.08. The van der Waals surface area contributed by atoms with E-state index in [0.29, 0.717) is 22.6 Å². The van der Waals surface area contributed by atoms with Crippen molar-refractivity contribution in [1.29, 1.82) is 0 Å². The predicted octanol–water partition coefficient (Wildman–Crippen LogP) is 4.53. The minimum atomic E-state index is -3.00. The van der Waals surface area contributed by atoms with Gasteiger partial charge in [-0.25, -0.2) is 4.98 Å². The van der Waals surface area contributed by atoms with Crippen molar-refractivity contribution in [3.05, 3.63) is 58.9 Å². The second-order valence-electron chi connectivity index (χ2n) is 6.49. The van der Waals surface area contributed by atoms with Crippen LogP contribution in [0.1, 0.15) is 20.3 Å². The molecule has 0 bridgehead atoms. The van der Waals surface area contributed by atoms with Gasteiger partial charge in [0, 0.05) is 6.54 Å². The van der Waals surface area contributed by atoms with Crippen LogP contribution in [0.4, 0.5) is 14.5 Å². The van der Waals surface area contributed by atoms with Crippen molar-refractivity contribution in [2.45, 2.75) is 43.8 Å². The third-order valence-electron chi connectivity index (χ3n) is 4.29. The molecule has 0 radical (unpaired) electrons. The molecule has 3 aromatic rings. The van der Waals surface area contributed by atoms with E-state index in [9.17, 15) is 18.4 Å². The Morgan fingerprint density at radius 1 is 1.20 bits per heavy atom. The van der Waals surface area contributed by atoms with Crippen molar-refractivity contribution in [1.82, 2.24) is 9.55 Å². The van der Waals surface area contributed by atoms with Crippen LogP contribution >= 0.6 is 11.8 Å². The molecule has 3 rings (SSSR count). The number of carbonyl (C=O) groups excluding carboxylic acids is 1. The topological polar surface area (TPSA) is 73.2 Å². The number of halogens is 2. The summed E-state index contributed by atoms with van der Waals surface area (Å²) in [5.74, 6) is -0.541. The fourth-order valence-corrected chi connectivity index (χ4v) is 3.81. The predicted molar refractivity (Wildman–Crippen MR) is 113 cm³/mol. The maximum Gasteiger partial charge on any atom is 0.387 e. The van der Waals surface area contributed by atoms with Gasteiger partial charge in [0.1, 0.15) is 5.75 Å². The molecule has 9 heteroatoms. The molecule has 0 aliphatic rings. The standard InChI is InChI=1S/C21H21F2N3O3S/c1-3-12-26-19(28)14-8-4-5-9-15(14)25-21(26)30-13(2)18(27)24-16-10-6-7-11-17(16)29-20(22)23/h4-11,13,20H,3,12H2,1-2H3,(H,24,27). The molecule has 0 fully saturated rings. The lowest BCUT2D eigenvalue weighted by molar-refractivity contribution is -0.115. The molecule has 0 saturated carbocycles. The highest BCUT2D eigenvalue weighted by Gasteiger charge is 2.21. The summed E-state index contributed by atoms with van der Waals surface area (Å²) in [5.41, 5.74) is 0.543. The van der Waals surface area contributed by atoms with Crippen LogP contribution in [-0.4, -0.2) is 27.3 Å². The van der Waals surface area contributed by atoms with Crippen LogP contribution in [-0.2, 0) is 11.3 Å². The normalized spacial score (nSPS) is 12.2. The molecule has 1 amide bonds. The summed E-state index contributed by atoms with van der Waals surface area (Å²) in [6, 6.07) is 13.0. The molecular formula is C21H21F2N3O3S. The number of carbonyl (C=O) groups is 1. The molecule has 0 aliphatic heterocycles. The van der Waals surface area contributed by atoms with Crippen molar-refractivity contribution in [3.8, 4) is 5.75 Å². The highest BCUT2D eigenvalue weighted by Crippen LogP contribution is 2.28. The maximum absolute atomic E-state index is 12.9. The van der Waals surface area contributed by atoms with Crippen LogP contribution in [0.25, 0.3) is 10.9 Å². The number of nitrogens with zero attached hydrogens (tertiary/aromatic N) is 2. The van der Waals surface area contributed by atoms with E-state index in [1.54, 1.807) is 41.8 Å². The van der Waals surface area contributed by atoms with Crippen LogP contribution in [0.2, 0.25) is 0 Å². The molecule has 0 aliphatic carbocycles. The van der Waals surface area contributed by atoms with E-state index >= 15 is 0 Å². The summed E-state index contributed by atoms with van der Waals surface area (Å²) in [6.07, 6.45) is 0.729. The maximum atomic E-state index is 12.9. The summed E-state index contributed by atoms with van der Waals surface area (Å²) < 4.78 is 31.2. The van der Waals surface area contributed by atoms with Crippen LogP contribution in [0.3, 0.4) is 0 Å². The average molecular weight is 433 g/mol. The zero-order chi connectivity index (χ0) is 21.7. The van der Waals surface area contributed by atoms with E-state index in [4.69, 9.17) is 0 Å². The summed E-state index contributed by atoms with van der Waals surface area (Å²) in [5, 5.41) is 2.92. The number of fused-ring (bicyclic) bond motifs is 1. The molecule has 1 aromatic heterocycles. The minimum Gasteiger partial charge on any atom is -0.433 e. The first-order valence-electron chi connectivity index (χ1n) is 9.41. The highest BCUT2D eigenvalue weighted by molar-refractivity contribution is 8.00. The van der Waals surface area contributed by atoms with E-state index < -0.39 is 17.8 Å². The number of rotatable bonds is 8. The fraction of sp³-hybridized carbons (Fsp3) is 0.286. The Balaban J connectivity index is 1.84. The number of hydrogen-bond acceptors (Lipinski definition) is 5. The third kappa shape index (κ3) is 4.96. The Bertz CT molecular complexity index is 1100. The number of para-hydroxylation sites is 3. The van der Waals surface area contributed by atoms with E-state index in [0.717, 1.165) is 18.2 Å². The summed E-state index contributed by atoms with van der Waals surface area (Å²) >= 11 is 1.14. The fourth-order valence-electron chi connectivity index (χ4n) is 2.87. The van der Waals surface area contributed by atoms with Gasteiger partial charge < -0.3 is 10.1 Å². The first kappa shape index (κ1) is 21.8.